The van der Waals surface area contributed by atoms with Crippen LogP contribution in [0.1, 0.15) is 12.5 Å². The monoisotopic (exact) mass is 565 g/mol. The van der Waals surface area contributed by atoms with Gasteiger partial charge >= 0.3 is 0 Å². The average molecular weight is 566 g/mol. The molecule has 11 nitrogen and oxygen atoms in total. The zero-order chi connectivity index (χ0) is 28.6. The highest BCUT2D eigenvalue weighted by molar-refractivity contribution is 7.89. The van der Waals surface area contributed by atoms with Crippen LogP contribution in [-0.4, -0.2) is 82.4 Å². The number of hydrogen-bond donors (Lipinski definition) is 4. The van der Waals surface area contributed by atoms with Gasteiger partial charge in [0.2, 0.25) is 10.0 Å². The molecule has 2 aromatic rings. The van der Waals surface area contributed by atoms with Crippen LogP contribution >= 0.6 is 0 Å². The molecule has 7 N–H and O–H groups in total. The van der Waals surface area contributed by atoms with Crippen LogP contribution in [-0.2, 0) is 14.8 Å². The standard InChI is InChI=1S/C25H33F2N7O4S/c1-17(24(35)32-25(29)30)14-18-15-21(26)23(22(27)16-18)38-19-2-4-20(5-3-19)39(36,37)31-7-9-34-12-10-33(8-6-28)11-13-34/h2-5,14-16,31H,6-13,28H2,1H3,(H4,29,30,32,35)/b17-14+. The minimum absolute atomic E-state index is 0.00929. The van der Waals surface area contributed by atoms with E-state index in [1.807, 2.05) is 0 Å². The van der Waals surface area contributed by atoms with Crippen molar-refractivity contribution >= 4 is 28.0 Å². The van der Waals surface area contributed by atoms with E-state index in [0.717, 1.165) is 44.9 Å². The molecule has 39 heavy (non-hydrogen) atoms. The summed E-state index contributed by atoms with van der Waals surface area (Å²) in [6, 6.07) is 7.13. The molecule has 0 spiro atoms. The Morgan fingerprint density at radius 2 is 1.62 bits per heavy atom. The smallest absolute Gasteiger partial charge is 0.275 e. The fourth-order valence-electron chi connectivity index (χ4n) is 3.92. The molecule has 0 atom stereocenters. The Hall–Kier alpha value is -3.43. The van der Waals surface area contributed by atoms with Crippen molar-refractivity contribution in [3.8, 4) is 11.5 Å². The van der Waals surface area contributed by atoms with Gasteiger partial charge in [0.25, 0.3) is 5.91 Å². The van der Waals surface area contributed by atoms with Gasteiger partial charge in [-0.1, -0.05) is 0 Å². The maximum atomic E-state index is 14.6. The first-order valence-corrected chi connectivity index (χ1v) is 13.7. The molecule has 0 bridgehead atoms. The molecule has 0 saturated carbocycles. The second kappa shape index (κ2) is 13.6. The van der Waals surface area contributed by atoms with Crippen molar-refractivity contribution in [1.82, 2.24) is 14.5 Å². The van der Waals surface area contributed by atoms with Gasteiger partial charge < -0.3 is 21.9 Å². The average Bonchev–Trinajstić information content (AvgIpc) is 2.87. The number of benzene rings is 2. The summed E-state index contributed by atoms with van der Waals surface area (Å²) in [5.74, 6) is -3.88. The molecular formula is C25H33F2N7O4S. The molecule has 14 heteroatoms. The van der Waals surface area contributed by atoms with Gasteiger partial charge in [-0.2, -0.15) is 4.99 Å². The third kappa shape index (κ3) is 8.80. The van der Waals surface area contributed by atoms with Gasteiger partial charge in [-0.05, 0) is 55.0 Å². The molecule has 1 amide bonds. The third-order valence-corrected chi connectivity index (χ3v) is 7.43. The zero-order valence-electron chi connectivity index (χ0n) is 21.6. The summed E-state index contributed by atoms with van der Waals surface area (Å²) >= 11 is 0. The summed E-state index contributed by atoms with van der Waals surface area (Å²) in [6.07, 6.45) is 1.22. The predicted molar refractivity (Wildman–Crippen MR) is 144 cm³/mol. The first-order valence-electron chi connectivity index (χ1n) is 12.2. The Labute approximate surface area is 226 Å². The lowest BCUT2D eigenvalue weighted by molar-refractivity contribution is -0.114. The number of piperazine rings is 1. The van der Waals surface area contributed by atoms with E-state index in [1.54, 1.807) is 0 Å². The van der Waals surface area contributed by atoms with Crippen LogP contribution in [0, 0.1) is 11.6 Å². The molecule has 212 valence electrons. The number of nitrogens with two attached hydrogens (primary N) is 3. The van der Waals surface area contributed by atoms with Crippen molar-refractivity contribution in [2.75, 3.05) is 52.4 Å². The number of hydrogen-bond acceptors (Lipinski definition) is 7. The van der Waals surface area contributed by atoms with E-state index < -0.39 is 39.3 Å². The van der Waals surface area contributed by atoms with E-state index >= 15 is 0 Å². The number of ether oxygens (including phenoxy) is 1. The Morgan fingerprint density at radius 1 is 1.05 bits per heavy atom. The summed E-state index contributed by atoms with van der Waals surface area (Å²) in [5.41, 5.74) is 16.0. The van der Waals surface area contributed by atoms with Crippen molar-refractivity contribution in [3.05, 3.63) is 59.2 Å². The van der Waals surface area contributed by atoms with Crippen LogP contribution in [0.15, 0.2) is 51.9 Å². The molecule has 1 aliphatic heterocycles. The van der Waals surface area contributed by atoms with Crippen molar-refractivity contribution in [3.63, 3.8) is 0 Å². The van der Waals surface area contributed by atoms with Crippen LogP contribution in [0.4, 0.5) is 8.78 Å². The molecule has 0 aliphatic carbocycles. The molecule has 1 heterocycles. The Bertz CT molecular complexity index is 1300. The second-order valence-electron chi connectivity index (χ2n) is 8.93. The fourth-order valence-corrected chi connectivity index (χ4v) is 4.94. The summed E-state index contributed by atoms with van der Waals surface area (Å²) in [5, 5.41) is 0. The summed E-state index contributed by atoms with van der Waals surface area (Å²) < 4.78 is 62.4. The van der Waals surface area contributed by atoms with Crippen LogP contribution in [0.25, 0.3) is 6.08 Å². The Kier molecular flexibility index (Phi) is 10.5. The molecule has 1 aliphatic rings. The van der Waals surface area contributed by atoms with Crippen LogP contribution in [0.2, 0.25) is 0 Å². The largest absolute Gasteiger partial charge is 0.451 e. The number of carbonyl (C=O) groups is 1. The first kappa shape index (κ1) is 30.1. The van der Waals surface area contributed by atoms with Crippen molar-refractivity contribution in [1.29, 1.82) is 0 Å². The van der Waals surface area contributed by atoms with E-state index in [-0.39, 0.29) is 28.3 Å². The molecular weight excluding hydrogens is 532 g/mol. The number of sulfonamides is 1. The van der Waals surface area contributed by atoms with Crippen LogP contribution in [0.5, 0.6) is 11.5 Å². The number of nitrogens with one attached hydrogen (secondary N) is 1. The van der Waals surface area contributed by atoms with Crippen LogP contribution < -0.4 is 26.7 Å². The number of guanidine groups is 1. The van der Waals surface area contributed by atoms with Crippen molar-refractivity contribution in [2.24, 2.45) is 22.2 Å². The van der Waals surface area contributed by atoms with Gasteiger partial charge in [0.1, 0.15) is 5.75 Å². The fraction of sp³-hybridized carbons (Fsp3) is 0.360. The molecule has 1 fully saturated rings. The number of carbonyl (C=O) groups excluding carboxylic acids is 1. The maximum absolute atomic E-state index is 14.6. The Morgan fingerprint density at radius 3 is 2.15 bits per heavy atom. The molecule has 0 aromatic heterocycles. The Balaban J connectivity index is 1.59. The predicted octanol–water partition coefficient (Wildman–Crippen LogP) is 0.815. The minimum atomic E-state index is -3.78. The lowest BCUT2D eigenvalue weighted by atomic mass is 10.1. The number of amides is 1. The minimum Gasteiger partial charge on any atom is -0.451 e. The van der Waals surface area contributed by atoms with E-state index in [1.165, 1.54) is 37.3 Å². The van der Waals surface area contributed by atoms with E-state index in [4.69, 9.17) is 21.9 Å². The summed E-state index contributed by atoms with van der Waals surface area (Å²) in [6.45, 7) is 7.14. The number of aliphatic imine (C=N–C) groups is 1. The highest BCUT2D eigenvalue weighted by Crippen LogP contribution is 2.30. The van der Waals surface area contributed by atoms with E-state index in [9.17, 15) is 22.0 Å². The lowest BCUT2D eigenvalue weighted by Crippen LogP contribution is -2.49. The SMILES string of the molecule is C/C(=C\c1cc(F)c(Oc2ccc(S(=O)(=O)NCCN3CCN(CCN)CC3)cc2)c(F)c1)C(=O)N=C(N)N. The van der Waals surface area contributed by atoms with Gasteiger partial charge in [0.15, 0.2) is 23.3 Å². The normalized spacial score (nSPS) is 15.2. The van der Waals surface area contributed by atoms with E-state index in [2.05, 4.69) is 19.5 Å². The second-order valence-corrected chi connectivity index (χ2v) is 10.7. The molecule has 0 radical (unpaired) electrons. The zero-order valence-corrected chi connectivity index (χ0v) is 22.4. The van der Waals surface area contributed by atoms with E-state index in [0.29, 0.717) is 13.1 Å². The number of halogens is 2. The first-order chi connectivity index (χ1) is 18.5. The van der Waals surface area contributed by atoms with Crippen molar-refractivity contribution < 1.29 is 26.7 Å². The molecule has 1 saturated heterocycles. The van der Waals surface area contributed by atoms with Gasteiger partial charge in [-0.15, -0.1) is 0 Å². The van der Waals surface area contributed by atoms with Gasteiger partial charge in [-0.25, -0.2) is 21.9 Å². The quantitative estimate of drug-likeness (QED) is 0.175. The van der Waals surface area contributed by atoms with Gasteiger partial charge in [0.05, 0.1) is 4.90 Å². The summed E-state index contributed by atoms with van der Waals surface area (Å²) in [4.78, 5) is 19.6. The highest BCUT2D eigenvalue weighted by atomic mass is 32.2. The third-order valence-electron chi connectivity index (χ3n) is 5.96. The maximum Gasteiger partial charge on any atom is 0.275 e. The van der Waals surface area contributed by atoms with Crippen LogP contribution in [0.3, 0.4) is 0 Å². The summed E-state index contributed by atoms with van der Waals surface area (Å²) in [7, 11) is -3.78. The van der Waals surface area contributed by atoms with Gasteiger partial charge in [0, 0.05) is 57.9 Å². The van der Waals surface area contributed by atoms with Gasteiger partial charge in [-0.3, -0.25) is 14.6 Å². The lowest BCUT2D eigenvalue weighted by Gasteiger charge is -2.34. The molecule has 0 unspecified atom stereocenters. The van der Waals surface area contributed by atoms with Crippen molar-refractivity contribution in [2.45, 2.75) is 11.8 Å². The highest BCUT2D eigenvalue weighted by Gasteiger charge is 2.19. The molecule has 3 rings (SSSR count). The molecule has 2 aromatic carbocycles. The number of nitrogens with zero attached hydrogens (tertiary/aromatic N) is 3. The topological polar surface area (TPSA) is 169 Å². The number of rotatable bonds is 11.